The zero-order valence-electron chi connectivity index (χ0n) is 12.4. The van der Waals surface area contributed by atoms with Crippen LogP contribution in [0.4, 0.5) is 0 Å². The lowest BCUT2D eigenvalue weighted by atomic mass is 10.1. The van der Waals surface area contributed by atoms with Crippen LogP contribution in [0.3, 0.4) is 0 Å². The van der Waals surface area contributed by atoms with Gasteiger partial charge in [-0.25, -0.2) is 0 Å². The van der Waals surface area contributed by atoms with Crippen molar-refractivity contribution in [3.8, 4) is 0 Å². The molecular formula is C16H22N4. The van der Waals surface area contributed by atoms with Crippen molar-refractivity contribution in [1.29, 1.82) is 0 Å². The Kier molecular flexibility index (Phi) is 4.93. The monoisotopic (exact) mass is 270 g/mol. The highest BCUT2D eigenvalue weighted by molar-refractivity contribution is 5.82. The Bertz CT molecular complexity index is 585. The number of hydrogen-bond acceptors (Lipinski definition) is 2. The molecule has 106 valence electrons. The quantitative estimate of drug-likeness (QED) is 0.662. The summed E-state index contributed by atoms with van der Waals surface area (Å²) in [5.74, 6) is 0.841. The van der Waals surface area contributed by atoms with Crippen molar-refractivity contribution in [1.82, 2.24) is 15.6 Å². The molecule has 0 aliphatic carbocycles. The van der Waals surface area contributed by atoms with Crippen LogP contribution < -0.4 is 10.6 Å². The van der Waals surface area contributed by atoms with Gasteiger partial charge in [0.1, 0.15) is 0 Å². The summed E-state index contributed by atoms with van der Waals surface area (Å²) in [6, 6.07) is 10.8. The molecule has 2 aromatic rings. The summed E-state index contributed by atoms with van der Waals surface area (Å²) >= 11 is 0. The van der Waals surface area contributed by atoms with Crippen molar-refractivity contribution in [2.24, 2.45) is 4.99 Å². The molecular weight excluding hydrogens is 248 g/mol. The number of nitrogens with one attached hydrogen (secondary N) is 2. The average Bonchev–Trinajstić information content (AvgIpc) is 2.46. The van der Waals surface area contributed by atoms with Gasteiger partial charge in [0.25, 0.3) is 0 Å². The van der Waals surface area contributed by atoms with E-state index in [1.54, 1.807) is 7.05 Å². The molecule has 1 aromatic heterocycles. The van der Waals surface area contributed by atoms with E-state index in [1.807, 2.05) is 12.3 Å². The Morgan fingerprint density at radius 1 is 1.25 bits per heavy atom. The van der Waals surface area contributed by atoms with Gasteiger partial charge in [0.15, 0.2) is 5.96 Å². The summed E-state index contributed by atoms with van der Waals surface area (Å²) in [4.78, 5) is 8.67. The summed E-state index contributed by atoms with van der Waals surface area (Å²) in [6.45, 7) is 5.03. The first-order chi connectivity index (χ1) is 9.70. The Hall–Kier alpha value is -2.10. The fourth-order valence-corrected chi connectivity index (χ4v) is 2.15. The number of aromatic nitrogens is 1. The number of nitrogens with zero attached hydrogens (tertiary/aromatic N) is 2. The number of aliphatic imine (C=N–C) groups is 1. The Morgan fingerprint density at radius 3 is 2.80 bits per heavy atom. The predicted octanol–water partition coefficient (Wildman–Crippen LogP) is 2.35. The standard InChI is InChI=1S/C16H22N4/c1-12(2)20-16(17-3)19-11-9-14-7-4-6-13-8-5-10-18-15(13)14/h4-8,10,12H,9,11H2,1-3H3,(H2,17,19,20). The molecule has 1 heterocycles. The molecule has 4 heteroatoms. The largest absolute Gasteiger partial charge is 0.356 e. The fourth-order valence-electron chi connectivity index (χ4n) is 2.15. The lowest BCUT2D eigenvalue weighted by Crippen LogP contribution is -2.41. The molecule has 0 atom stereocenters. The Morgan fingerprint density at radius 2 is 2.05 bits per heavy atom. The van der Waals surface area contributed by atoms with Crippen molar-refractivity contribution in [2.75, 3.05) is 13.6 Å². The molecule has 0 radical (unpaired) electrons. The first-order valence-electron chi connectivity index (χ1n) is 7.00. The predicted molar refractivity (Wildman–Crippen MR) is 85.1 cm³/mol. The minimum atomic E-state index is 0.375. The fraction of sp³-hybridized carbons (Fsp3) is 0.375. The van der Waals surface area contributed by atoms with Gasteiger partial charge in [-0.05, 0) is 31.9 Å². The third kappa shape index (κ3) is 3.70. The summed E-state index contributed by atoms with van der Waals surface area (Å²) in [5.41, 5.74) is 2.35. The van der Waals surface area contributed by atoms with Crippen molar-refractivity contribution in [3.05, 3.63) is 42.1 Å². The maximum absolute atomic E-state index is 4.47. The van der Waals surface area contributed by atoms with Gasteiger partial charge in [0.05, 0.1) is 5.52 Å². The lowest BCUT2D eigenvalue weighted by Gasteiger charge is -2.14. The van der Waals surface area contributed by atoms with Crippen LogP contribution in [0.25, 0.3) is 10.9 Å². The third-order valence-electron chi connectivity index (χ3n) is 3.05. The van der Waals surface area contributed by atoms with Gasteiger partial charge in [-0.15, -0.1) is 0 Å². The van der Waals surface area contributed by atoms with E-state index in [1.165, 1.54) is 10.9 Å². The second-order valence-electron chi connectivity index (χ2n) is 5.04. The van der Waals surface area contributed by atoms with Gasteiger partial charge in [0, 0.05) is 31.2 Å². The van der Waals surface area contributed by atoms with Crippen LogP contribution in [0.2, 0.25) is 0 Å². The molecule has 0 bridgehead atoms. The van der Waals surface area contributed by atoms with E-state index in [0.29, 0.717) is 6.04 Å². The lowest BCUT2D eigenvalue weighted by molar-refractivity contribution is 0.698. The minimum absolute atomic E-state index is 0.375. The minimum Gasteiger partial charge on any atom is -0.356 e. The number of rotatable bonds is 4. The van der Waals surface area contributed by atoms with E-state index in [9.17, 15) is 0 Å². The normalized spacial score (nSPS) is 11.9. The SMILES string of the molecule is CN=C(NCCc1cccc2cccnc12)NC(C)C. The number of para-hydroxylation sites is 1. The van der Waals surface area contributed by atoms with Crippen LogP contribution in [-0.4, -0.2) is 30.6 Å². The molecule has 0 saturated heterocycles. The molecule has 0 spiro atoms. The van der Waals surface area contributed by atoms with E-state index in [-0.39, 0.29) is 0 Å². The first-order valence-corrected chi connectivity index (χ1v) is 7.00. The smallest absolute Gasteiger partial charge is 0.191 e. The summed E-state index contributed by atoms with van der Waals surface area (Å²) in [5, 5.41) is 7.79. The van der Waals surface area contributed by atoms with Crippen LogP contribution in [0.5, 0.6) is 0 Å². The number of benzene rings is 1. The molecule has 4 nitrogen and oxygen atoms in total. The molecule has 0 aliphatic rings. The highest BCUT2D eigenvalue weighted by Crippen LogP contribution is 2.15. The van der Waals surface area contributed by atoms with Gasteiger partial charge in [0.2, 0.25) is 0 Å². The maximum atomic E-state index is 4.47. The second kappa shape index (κ2) is 6.89. The molecule has 2 rings (SSSR count). The molecule has 0 saturated carbocycles. The van der Waals surface area contributed by atoms with Crippen molar-refractivity contribution in [2.45, 2.75) is 26.3 Å². The van der Waals surface area contributed by atoms with Gasteiger partial charge in [-0.2, -0.15) is 0 Å². The zero-order chi connectivity index (χ0) is 14.4. The van der Waals surface area contributed by atoms with E-state index >= 15 is 0 Å². The van der Waals surface area contributed by atoms with E-state index in [2.05, 4.69) is 58.7 Å². The third-order valence-corrected chi connectivity index (χ3v) is 3.05. The Balaban J connectivity index is 1.99. The zero-order valence-corrected chi connectivity index (χ0v) is 12.4. The summed E-state index contributed by atoms with van der Waals surface area (Å²) < 4.78 is 0. The molecule has 1 aromatic carbocycles. The van der Waals surface area contributed by atoms with E-state index < -0.39 is 0 Å². The number of pyridine rings is 1. The van der Waals surface area contributed by atoms with Crippen molar-refractivity contribution >= 4 is 16.9 Å². The second-order valence-corrected chi connectivity index (χ2v) is 5.04. The number of hydrogen-bond donors (Lipinski definition) is 2. The molecule has 0 unspecified atom stereocenters. The maximum Gasteiger partial charge on any atom is 0.191 e. The van der Waals surface area contributed by atoms with E-state index in [0.717, 1.165) is 24.4 Å². The van der Waals surface area contributed by atoms with Gasteiger partial charge < -0.3 is 10.6 Å². The van der Waals surface area contributed by atoms with Crippen molar-refractivity contribution in [3.63, 3.8) is 0 Å². The topological polar surface area (TPSA) is 49.3 Å². The van der Waals surface area contributed by atoms with Crippen LogP contribution in [0, 0.1) is 0 Å². The van der Waals surface area contributed by atoms with Crippen LogP contribution in [-0.2, 0) is 6.42 Å². The highest BCUT2D eigenvalue weighted by atomic mass is 15.2. The van der Waals surface area contributed by atoms with Crippen LogP contribution in [0.1, 0.15) is 19.4 Å². The average molecular weight is 270 g/mol. The van der Waals surface area contributed by atoms with Crippen LogP contribution in [0.15, 0.2) is 41.5 Å². The number of guanidine groups is 1. The summed E-state index contributed by atoms with van der Waals surface area (Å²) in [7, 11) is 1.79. The highest BCUT2D eigenvalue weighted by Gasteiger charge is 2.03. The summed E-state index contributed by atoms with van der Waals surface area (Å²) in [6.07, 6.45) is 2.77. The molecule has 0 amide bonds. The Labute approximate surface area is 120 Å². The molecule has 20 heavy (non-hydrogen) atoms. The van der Waals surface area contributed by atoms with Gasteiger partial charge >= 0.3 is 0 Å². The molecule has 0 fully saturated rings. The van der Waals surface area contributed by atoms with Crippen molar-refractivity contribution < 1.29 is 0 Å². The van der Waals surface area contributed by atoms with E-state index in [4.69, 9.17) is 0 Å². The van der Waals surface area contributed by atoms with Gasteiger partial charge in [-0.1, -0.05) is 24.3 Å². The van der Waals surface area contributed by atoms with Crippen LogP contribution >= 0.6 is 0 Å². The first kappa shape index (κ1) is 14.3. The molecule has 0 aliphatic heterocycles. The molecule has 2 N–H and O–H groups in total. The number of fused-ring (bicyclic) bond motifs is 1. The van der Waals surface area contributed by atoms with Gasteiger partial charge in [-0.3, -0.25) is 9.98 Å².